The fourth-order valence-electron chi connectivity index (χ4n) is 3.87. The van der Waals surface area contributed by atoms with Crippen molar-refractivity contribution in [2.75, 3.05) is 6.61 Å². The summed E-state index contributed by atoms with van der Waals surface area (Å²) in [5.41, 5.74) is 0.406. The summed E-state index contributed by atoms with van der Waals surface area (Å²) in [6, 6.07) is 5.57. The molecule has 0 saturated heterocycles. The zero-order valence-corrected chi connectivity index (χ0v) is 20.7. The number of carbonyl (C=O) groups excluding carboxylic acids is 1. The summed E-state index contributed by atoms with van der Waals surface area (Å²) in [6.07, 6.45) is 21.0. The van der Waals surface area contributed by atoms with Crippen molar-refractivity contribution in [3.8, 4) is 0 Å². The number of hydrogen-bond acceptors (Lipinski definition) is 5. The molecule has 0 amide bonds. The molecule has 2 atom stereocenters. The number of hydrogen-bond donors (Lipinski definition) is 2. The number of nitro groups is 1. The van der Waals surface area contributed by atoms with Crippen LogP contribution in [-0.2, 0) is 4.79 Å². The number of unbranched alkanes of at least 4 members (excludes halogenated alkanes) is 8. The van der Waals surface area contributed by atoms with E-state index in [2.05, 4.69) is 31.2 Å². The second kappa shape index (κ2) is 19.0. The summed E-state index contributed by atoms with van der Waals surface area (Å²) in [5, 5.41) is 30.8. The summed E-state index contributed by atoms with van der Waals surface area (Å²) in [6.45, 7) is 1.91. The number of allylic oxidation sites excluding steroid dienone is 4. The van der Waals surface area contributed by atoms with Crippen LogP contribution in [0.3, 0.4) is 0 Å². The Kier molecular flexibility index (Phi) is 16.6. The smallest absolute Gasteiger partial charge is 0.269 e. The van der Waals surface area contributed by atoms with Gasteiger partial charge in [0, 0.05) is 37.5 Å². The predicted octanol–water partition coefficient (Wildman–Crippen LogP) is 7.01. The van der Waals surface area contributed by atoms with Gasteiger partial charge in [-0.1, -0.05) is 63.3 Å². The molecule has 1 aromatic carbocycles. The van der Waals surface area contributed by atoms with Crippen LogP contribution in [0.4, 0.5) is 5.69 Å². The molecule has 190 valence electrons. The summed E-state index contributed by atoms with van der Waals surface area (Å²) in [7, 11) is 0. The molecule has 0 unspecified atom stereocenters. The Bertz CT molecular complexity index is 742. The molecule has 0 aliphatic carbocycles. The Morgan fingerprint density at radius 2 is 1.53 bits per heavy atom. The standard InChI is InChI=1S/C28H43NO5/c1-2-3-4-5-6-7-8-9-10-11-12-13-14-15-16-17-27(31)22-25(23-30)28(32)24-18-20-26(21-19-24)29(33)34/h6-7,9-10,18-21,25,28,30,32H,2-5,8,11-17,22-23H2,1H3/b7-6-,10-9-/t25-,28+/m1/s1. The van der Waals surface area contributed by atoms with Gasteiger partial charge in [-0.25, -0.2) is 0 Å². The quantitative estimate of drug-likeness (QED) is 0.0918. The molecule has 34 heavy (non-hydrogen) atoms. The molecule has 0 saturated carbocycles. The van der Waals surface area contributed by atoms with E-state index in [0.717, 1.165) is 38.5 Å². The molecule has 6 nitrogen and oxygen atoms in total. The number of nitrogens with zero attached hydrogens (tertiary/aromatic N) is 1. The maximum atomic E-state index is 12.3. The minimum Gasteiger partial charge on any atom is -0.396 e. The lowest BCUT2D eigenvalue weighted by Gasteiger charge is -2.20. The van der Waals surface area contributed by atoms with Crippen molar-refractivity contribution >= 4 is 11.5 Å². The average Bonchev–Trinajstić information content (AvgIpc) is 2.84. The zero-order chi connectivity index (χ0) is 25.0. The number of nitro benzene ring substituents is 1. The molecular weight excluding hydrogens is 430 g/mol. The third kappa shape index (κ3) is 13.4. The number of rotatable bonds is 20. The monoisotopic (exact) mass is 473 g/mol. The molecule has 1 rings (SSSR count). The van der Waals surface area contributed by atoms with Gasteiger partial charge in [0.25, 0.3) is 5.69 Å². The van der Waals surface area contributed by atoms with E-state index in [1.165, 1.54) is 56.4 Å². The minimum atomic E-state index is -1.03. The van der Waals surface area contributed by atoms with Crippen LogP contribution in [0.5, 0.6) is 0 Å². The molecule has 0 aromatic heterocycles. The van der Waals surface area contributed by atoms with E-state index in [9.17, 15) is 25.1 Å². The lowest BCUT2D eigenvalue weighted by atomic mass is 9.90. The maximum Gasteiger partial charge on any atom is 0.269 e. The van der Waals surface area contributed by atoms with Crippen LogP contribution in [0.25, 0.3) is 0 Å². The Labute approximate surface area is 204 Å². The Hall–Kier alpha value is -2.31. The highest BCUT2D eigenvalue weighted by molar-refractivity contribution is 5.78. The van der Waals surface area contributed by atoms with Crippen LogP contribution < -0.4 is 0 Å². The molecule has 1 aromatic rings. The second-order valence-electron chi connectivity index (χ2n) is 8.96. The fourth-order valence-corrected chi connectivity index (χ4v) is 3.87. The van der Waals surface area contributed by atoms with Gasteiger partial charge in [0.2, 0.25) is 0 Å². The maximum absolute atomic E-state index is 12.3. The van der Waals surface area contributed by atoms with Gasteiger partial charge in [0.1, 0.15) is 5.78 Å². The highest BCUT2D eigenvalue weighted by Crippen LogP contribution is 2.27. The van der Waals surface area contributed by atoms with Gasteiger partial charge in [-0.2, -0.15) is 0 Å². The van der Waals surface area contributed by atoms with Crippen molar-refractivity contribution in [1.29, 1.82) is 0 Å². The summed E-state index contributed by atoms with van der Waals surface area (Å²) in [5.74, 6) is -0.572. The largest absolute Gasteiger partial charge is 0.396 e. The van der Waals surface area contributed by atoms with Crippen LogP contribution in [0.2, 0.25) is 0 Å². The van der Waals surface area contributed by atoms with Crippen LogP contribution >= 0.6 is 0 Å². The fraction of sp³-hybridized carbons (Fsp3) is 0.607. The first-order chi connectivity index (χ1) is 16.5. The molecule has 0 aliphatic rings. The van der Waals surface area contributed by atoms with Gasteiger partial charge in [-0.3, -0.25) is 14.9 Å². The van der Waals surface area contributed by atoms with Crippen molar-refractivity contribution in [3.63, 3.8) is 0 Å². The van der Waals surface area contributed by atoms with Gasteiger partial charge in [0.15, 0.2) is 0 Å². The lowest BCUT2D eigenvalue weighted by Crippen LogP contribution is -2.20. The first kappa shape index (κ1) is 29.7. The van der Waals surface area contributed by atoms with Crippen LogP contribution in [-0.4, -0.2) is 27.5 Å². The normalized spacial score (nSPS) is 13.5. The van der Waals surface area contributed by atoms with Crippen molar-refractivity contribution < 1.29 is 19.9 Å². The van der Waals surface area contributed by atoms with Crippen molar-refractivity contribution in [2.24, 2.45) is 5.92 Å². The minimum absolute atomic E-state index is 0.0330. The third-order valence-electron chi connectivity index (χ3n) is 6.02. The highest BCUT2D eigenvalue weighted by Gasteiger charge is 2.23. The first-order valence-electron chi connectivity index (χ1n) is 12.8. The van der Waals surface area contributed by atoms with E-state index in [1.54, 1.807) is 0 Å². The summed E-state index contributed by atoms with van der Waals surface area (Å²) in [4.78, 5) is 22.5. The Morgan fingerprint density at radius 1 is 0.941 bits per heavy atom. The molecule has 0 aliphatic heterocycles. The number of carbonyl (C=O) groups is 1. The van der Waals surface area contributed by atoms with E-state index in [0.29, 0.717) is 12.0 Å². The number of ketones is 1. The summed E-state index contributed by atoms with van der Waals surface area (Å²) < 4.78 is 0. The molecule has 0 spiro atoms. The third-order valence-corrected chi connectivity index (χ3v) is 6.02. The van der Waals surface area contributed by atoms with E-state index in [1.807, 2.05) is 0 Å². The SMILES string of the molecule is CCCCC/C=C\C/C=C\CCCCCCCC(=O)C[C@H](CO)[C@@H](O)c1ccc([N+](=O)[O-])cc1. The molecule has 0 heterocycles. The summed E-state index contributed by atoms with van der Waals surface area (Å²) >= 11 is 0. The van der Waals surface area contributed by atoms with Gasteiger partial charge in [0.05, 0.1) is 11.0 Å². The molecular formula is C28H43NO5. The van der Waals surface area contributed by atoms with Crippen molar-refractivity contribution in [1.82, 2.24) is 0 Å². The number of benzene rings is 1. The number of Topliss-reactive ketones (excluding diaryl/α,β-unsaturated/α-hetero) is 1. The van der Waals surface area contributed by atoms with Crippen LogP contribution in [0.1, 0.15) is 102 Å². The van der Waals surface area contributed by atoms with Gasteiger partial charge in [-0.05, 0) is 56.2 Å². The van der Waals surface area contributed by atoms with Gasteiger partial charge in [-0.15, -0.1) is 0 Å². The molecule has 0 fully saturated rings. The Morgan fingerprint density at radius 3 is 2.12 bits per heavy atom. The Balaban J connectivity index is 2.13. The van der Waals surface area contributed by atoms with E-state index < -0.39 is 16.9 Å². The number of aliphatic hydroxyl groups excluding tert-OH is 2. The highest BCUT2D eigenvalue weighted by atomic mass is 16.6. The van der Waals surface area contributed by atoms with Crippen molar-refractivity contribution in [2.45, 2.75) is 96.5 Å². The van der Waals surface area contributed by atoms with Gasteiger partial charge >= 0.3 is 0 Å². The van der Waals surface area contributed by atoms with E-state index in [4.69, 9.17) is 0 Å². The number of non-ortho nitro benzene ring substituents is 1. The van der Waals surface area contributed by atoms with E-state index >= 15 is 0 Å². The molecule has 2 N–H and O–H groups in total. The zero-order valence-electron chi connectivity index (χ0n) is 20.7. The predicted molar refractivity (Wildman–Crippen MR) is 138 cm³/mol. The average molecular weight is 474 g/mol. The molecule has 6 heteroatoms. The second-order valence-corrected chi connectivity index (χ2v) is 8.96. The topological polar surface area (TPSA) is 101 Å². The molecule has 0 bridgehead atoms. The van der Waals surface area contributed by atoms with Gasteiger partial charge < -0.3 is 10.2 Å². The first-order valence-corrected chi connectivity index (χ1v) is 12.8. The van der Waals surface area contributed by atoms with Crippen molar-refractivity contribution in [3.05, 3.63) is 64.2 Å². The lowest BCUT2D eigenvalue weighted by molar-refractivity contribution is -0.384. The van der Waals surface area contributed by atoms with E-state index in [-0.39, 0.29) is 24.5 Å². The molecule has 0 radical (unpaired) electrons. The van der Waals surface area contributed by atoms with Crippen LogP contribution in [0.15, 0.2) is 48.6 Å². The number of aliphatic hydroxyl groups is 2. The van der Waals surface area contributed by atoms with Crippen LogP contribution in [0, 0.1) is 16.0 Å².